The van der Waals surface area contributed by atoms with Crippen LogP contribution in [0.4, 0.5) is 0 Å². The molecule has 0 aliphatic carbocycles. The summed E-state index contributed by atoms with van der Waals surface area (Å²) in [5.41, 5.74) is 0.650. The van der Waals surface area contributed by atoms with Gasteiger partial charge >= 0.3 is 0 Å². The van der Waals surface area contributed by atoms with Crippen LogP contribution in [0.25, 0.3) is 0 Å². The first-order valence-corrected chi connectivity index (χ1v) is 4.27. The fourth-order valence-corrected chi connectivity index (χ4v) is 1.30. The summed E-state index contributed by atoms with van der Waals surface area (Å²) in [5.74, 6) is 0. The van der Waals surface area contributed by atoms with E-state index in [0.717, 1.165) is 6.54 Å². The van der Waals surface area contributed by atoms with Crippen molar-refractivity contribution < 1.29 is 0 Å². The average Bonchev–Trinajstić information content (AvgIpc) is 2.07. The Kier molecular flexibility index (Phi) is 1.78. The van der Waals surface area contributed by atoms with Gasteiger partial charge in [-0.3, -0.25) is 0 Å². The molecule has 0 aromatic carbocycles. The predicted octanol–water partition coefficient (Wildman–Crippen LogP) is 2.64. The molecule has 64 valence electrons. The van der Waals surface area contributed by atoms with Gasteiger partial charge in [-0.2, -0.15) is 0 Å². The summed E-state index contributed by atoms with van der Waals surface area (Å²) < 4.78 is 0. The molecule has 0 N–H and O–H groups in total. The van der Waals surface area contributed by atoms with E-state index in [0.29, 0.717) is 5.41 Å². The van der Waals surface area contributed by atoms with E-state index in [1.807, 2.05) is 0 Å². The number of hydrogen-bond acceptors (Lipinski definition) is 1. The van der Waals surface area contributed by atoms with E-state index in [2.05, 4.69) is 51.8 Å². The van der Waals surface area contributed by atoms with Crippen molar-refractivity contribution in [1.82, 2.24) is 4.90 Å². The lowest BCUT2D eigenvalue weighted by Gasteiger charge is -2.34. The molecule has 0 spiro atoms. The highest BCUT2D eigenvalue weighted by atomic mass is 15.2. The largest absolute Gasteiger partial charge is 0.372 e. The molecule has 1 nitrogen and oxygen atoms in total. The molecule has 11 heavy (non-hydrogen) atoms. The third kappa shape index (κ3) is 1.98. The second-order valence-corrected chi connectivity index (χ2v) is 5.10. The molecule has 0 bridgehead atoms. The number of rotatable bonds is 0. The molecule has 0 aromatic rings. The van der Waals surface area contributed by atoms with Crippen molar-refractivity contribution in [1.29, 1.82) is 0 Å². The van der Waals surface area contributed by atoms with Crippen LogP contribution in [0.3, 0.4) is 0 Å². The van der Waals surface area contributed by atoms with Crippen molar-refractivity contribution in [2.24, 2.45) is 5.41 Å². The second kappa shape index (κ2) is 2.26. The lowest BCUT2D eigenvalue weighted by atomic mass is 9.95. The highest BCUT2D eigenvalue weighted by Gasteiger charge is 2.29. The van der Waals surface area contributed by atoms with E-state index in [4.69, 9.17) is 0 Å². The molecule has 0 unspecified atom stereocenters. The average molecular weight is 153 g/mol. The van der Waals surface area contributed by atoms with E-state index in [1.54, 1.807) is 0 Å². The van der Waals surface area contributed by atoms with Crippen LogP contribution >= 0.6 is 0 Å². The van der Waals surface area contributed by atoms with Gasteiger partial charge in [0.2, 0.25) is 0 Å². The number of hydrogen-bond donors (Lipinski definition) is 0. The molecule has 1 rings (SSSR count). The van der Waals surface area contributed by atoms with Crippen LogP contribution in [0, 0.1) is 5.41 Å². The van der Waals surface area contributed by atoms with Gasteiger partial charge in [0.1, 0.15) is 0 Å². The Hall–Kier alpha value is -0.460. The van der Waals surface area contributed by atoms with Crippen LogP contribution in [0.5, 0.6) is 0 Å². The third-order valence-corrected chi connectivity index (χ3v) is 2.15. The van der Waals surface area contributed by atoms with Gasteiger partial charge in [-0.15, -0.1) is 0 Å². The first-order valence-electron chi connectivity index (χ1n) is 4.27. The molecule has 0 saturated heterocycles. The quantitative estimate of drug-likeness (QED) is 0.517. The van der Waals surface area contributed by atoms with E-state index < -0.39 is 0 Å². The van der Waals surface area contributed by atoms with E-state index in [1.165, 1.54) is 0 Å². The second-order valence-electron chi connectivity index (χ2n) is 5.10. The summed E-state index contributed by atoms with van der Waals surface area (Å²) in [7, 11) is 0. The van der Waals surface area contributed by atoms with Gasteiger partial charge < -0.3 is 4.90 Å². The molecule has 1 aliphatic rings. The van der Waals surface area contributed by atoms with Crippen LogP contribution < -0.4 is 0 Å². The first-order chi connectivity index (χ1) is 4.81. The minimum absolute atomic E-state index is 0.282. The van der Waals surface area contributed by atoms with Crippen molar-refractivity contribution in [2.75, 3.05) is 6.54 Å². The zero-order chi connectivity index (χ0) is 8.70. The maximum atomic E-state index is 2.40. The fraction of sp³-hybridized carbons (Fsp3) is 0.800. The van der Waals surface area contributed by atoms with Crippen LogP contribution in [-0.2, 0) is 0 Å². The standard InChI is InChI=1S/C10H19N/c1-9(2,3)11-7-6-10(4,5)8-11/h6-7H,8H2,1-5H3. The van der Waals surface area contributed by atoms with E-state index in [9.17, 15) is 0 Å². The van der Waals surface area contributed by atoms with Crippen molar-refractivity contribution in [3.05, 3.63) is 12.3 Å². The summed E-state index contributed by atoms with van der Waals surface area (Å²) >= 11 is 0. The van der Waals surface area contributed by atoms with Gasteiger partial charge in [-0.1, -0.05) is 19.9 Å². The monoisotopic (exact) mass is 153 g/mol. The highest BCUT2D eigenvalue weighted by molar-refractivity contribution is 5.06. The Morgan fingerprint density at radius 2 is 1.82 bits per heavy atom. The van der Waals surface area contributed by atoms with Gasteiger partial charge in [-0.25, -0.2) is 0 Å². The van der Waals surface area contributed by atoms with Gasteiger partial charge in [-0.05, 0) is 27.0 Å². The van der Waals surface area contributed by atoms with Crippen LogP contribution in [-0.4, -0.2) is 17.0 Å². The Balaban J connectivity index is 2.65. The lowest BCUT2D eigenvalue weighted by Crippen LogP contribution is -2.38. The molecule has 1 aliphatic heterocycles. The smallest absolute Gasteiger partial charge is 0.0312 e. The van der Waals surface area contributed by atoms with Crippen molar-refractivity contribution in [3.63, 3.8) is 0 Å². The summed E-state index contributed by atoms with van der Waals surface area (Å²) in [6, 6.07) is 0. The minimum atomic E-state index is 0.282. The lowest BCUT2D eigenvalue weighted by molar-refractivity contribution is 0.186. The minimum Gasteiger partial charge on any atom is -0.372 e. The molecule has 0 saturated carbocycles. The first kappa shape index (κ1) is 8.63. The van der Waals surface area contributed by atoms with Crippen molar-refractivity contribution in [3.8, 4) is 0 Å². The summed E-state index contributed by atoms with van der Waals surface area (Å²) in [5, 5.41) is 0. The molecule has 0 atom stereocenters. The Bertz CT molecular complexity index is 172. The van der Waals surface area contributed by atoms with Crippen LogP contribution in [0.1, 0.15) is 34.6 Å². The zero-order valence-corrected chi connectivity index (χ0v) is 8.31. The normalized spacial score (nSPS) is 22.8. The van der Waals surface area contributed by atoms with Gasteiger partial charge in [0.05, 0.1) is 0 Å². The summed E-state index contributed by atoms with van der Waals surface area (Å²) in [4.78, 5) is 2.40. The summed E-state index contributed by atoms with van der Waals surface area (Å²) in [6.07, 6.45) is 4.51. The molecule has 0 fully saturated rings. The Morgan fingerprint density at radius 3 is 2.00 bits per heavy atom. The summed E-state index contributed by atoms with van der Waals surface area (Å²) in [6.45, 7) is 12.4. The fourth-order valence-electron chi connectivity index (χ4n) is 1.30. The SMILES string of the molecule is CC1(C)C=CN(C(C)(C)C)C1. The third-order valence-electron chi connectivity index (χ3n) is 2.15. The highest BCUT2D eigenvalue weighted by Crippen LogP contribution is 2.30. The maximum Gasteiger partial charge on any atom is 0.0312 e. The topological polar surface area (TPSA) is 3.24 Å². The van der Waals surface area contributed by atoms with Gasteiger partial charge in [0.15, 0.2) is 0 Å². The van der Waals surface area contributed by atoms with Crippen molar-refractivity contribution in [2.45, 2.75) is 40.2 Å². The molecule has 1 heteroatoms. The molecule has 0 amide bonds. The number of nitrogens with zero attached hydrogens (tertiary/aromatic N) is 1. The Morgan fingerprint density at radius 1 is 1.27 bits per heavy atom. The van der Waals surface area contributed by atoms with Crippen molar-refractivity contribution >= 4 is 0 Å². The zero-order valence-electron chi connectivity index (χ0n) is 8.31. The molecule has 1 heterocycles. The Labute approximate surface area is 70.1 Å². The van der Waals surface area contributed by atoms with E-state index >= 15 is 0 Å². The predicted molar refractivity (Wildman–Crippen MR) is 49.4 cm³/mol. The van der Waals surface area contributed by atoms with Crippen LogP contribution in [0.15, 0.2) is 12.3 Å². The van der Waals surface area contributed by atoms with Crippen LogP contribution in [0.2, 0.25) is 0 Å². The molecular weight excluding hydrogens is 134 g/mol. The van der Waals surface area contributed by atoms with Gasteiger partial charge in [0, 0.05) is 17.5 Å². The van der Waals surface area contributed by atoms with Gasteiger partial charge in [0.25, 0.3) is 0 Å². The van der Waals surface area contributed by atoms with E-state index in [-0.39, 0.29) is 5.54 Å². The maximum absolute atomic E-state index is 2.40. The molecule has 0 aromatic heterocycles. The molecular formula is C10H19N. The molecule has 0 radical (unpaired) electrons.